The van der Waals surface area contributed by atoms with E-state index in [0.29, 0.717) is 6.42 Å². The summed E-state index contributed by atoms with van der Waals surface area (Å²) in [6.07, 6.45) is 2.43. The van der Waals surface area contributed by atoms with Gasteiger partial charge in [-0.1, -0.05) is 35.9 Å². The Kier molecular flexibility index (Phi) is 1.89. The van der Waals surface area contributed by atoms with Gasteiger partial charge < -0.3 is 5.32 Å². The van der Waals surface area contributed by atoms with Crippen molar-refractivity contribution in [1.29, 1.82) is 0 Å². The lowest BCUT2D eigenvalue weighted by Gasteiger charge is -2.02. The number of hydrogen-bond donors (Lipinski definition) is 1. The zero-order valence-electron chi connectivity index (χ0n) is 7.50. The van der Waals surface area contributed by atoms with Gasteiger partial charge in [0, 0.05) is 12.1 Å². The first-order valence-electron chi connectivity index (χ1n) is 4.33. The maximum absolute atomic E-state index is 10.9. The fraction of sp³-hybridized carbons (Fsp3) is 0.182. The van der Waals surface area contributed by atoms with Crippen molar-refractivity contribution in [3.63, 3.8) is 0 Å². The lowest BCUT2D eigenvalue weighted by Crippen LogP contribution is -2.13. The molecule has 0 fully saturated rings. The van der Waals surface area contributed by atoms with Gasteiger partial charge in [-0.05, 0) is 12.5 Å². The predicted octanol–water partition coefficient (Wildman–Crippen LogP) is 1.86. The van der Waals surface area contributed by atoms with Crippen molar-refractivity contribution in [2.45, 2.75) is 13.3 Å². The summed E-state index contributed by atoms with van der Waals surface area (Å²) in [4.78, 5) is 10.9. The lowest BCUT2D eigenvalue weighted by molar-refractivity contribution is -0.118. The number of carbonyl (C=O) groups is 1. The first-order chi connectivity index (χ1) is 6.25. The van der Waals surface area contributed by atoms with Crippen LogP contribution >= 0.6 is 0 Å². The minimum atomic E-state index is 0.0792. The molecule has 1 aromatic carbocycles. The van der Waals surface area contributed by atoms with Crippen LogP contribution in [0.3, 0.4) is 0 Å². The number of amides is 1. The molecule has 1 amide bonds. The van der Waals surface area contributed by atoms with Crippen LogP contribution in [0.2, 0.25) is 0 Å². The number of benzene rings is 1. The van der Waals surface area contributed by atoms with Crippen molar-refractivity contribution in [2.75, 3.05) is 0 Å². The third kappa shape index (κ3) is 1.61. The molecule has 0 unspecified atom stereocenters. The van der Waals surface area contributed by atoms with Gasteiger partial charge in [0.05, 0.1) is 0 Å². The third-order valence-electron chi connectivity index (χ3n) is 2.13. The van der Waals surface area contributed by atoms with Gasteiger partial charge in [0.25, 0.3) is 0 Å². The van der Waals surface area contributed by atoms with Crippen molar-refractivity contribution in [3.05, 3.63) is 41.5 Å². The first kappa shape index (κ1) is 8.05. The summed E-state index contributed by atoms with van der Waals surface area (Å²) in [6, 6.07) is 8.13. The molecule has 2 rings (SSSR count). The highest BCUT2D eigenvalue weighted by Crippen LogP contribution is 2.16. The molecule has 0 bridgehead atoms. The Morgan fingerprint density at radius 2 is 1.92 bits per heavy atom. The molecular weight excluding hydrogens is 162 g/mol. The highest BCUT2D eigenvalue weighted by molar-refractivity contribution is 5.93. The molecule has 2 heteroatoms. The summed E-state index contributed by atoms with van der Waals surface area (Å²) in [5, 5.41) is 2.81. The Morgan fingerprint density at radius 1 is 1.23 bits per heavy atom. The Morgan fingerprint density at radius 3 is 2.46 bits per heavy atom. The van der Waals surface area contributed by atoms with Crippen LogP contribution in [0.4, 0.5) is 0 Å². The van der Waals surface area contributed by atoms with Crippen LogP contribution in [0, 0.1) is 6.92 Å². The fourth-order valence-electron chi connectivity index (χ4n) is 1.37. The van der Waals surface area contributed by atoms with Gasteiger partial charge in [-0.25, -0.2) is 0 Å². The van der Waals surface area contributed by atoms with E-state index in [4.69, 9.17) is 0 Å². The van der Waals surface area contributed by atoms with Gasteiger partial charge in [0.1, 0.15) is 0 Å². The van der Waals surface area contributed by atoms with Crippen molar-refractivity contribution >= 4 is 11.6 Å². The average molecular weight is 173 g/mol. The number of hydrogen-bond acceptors (Lipinski definition) is 1. The minimum absolute atomic E-state index is 0.0792. The summed E-state index contributed by atoms with van der Waals surface area (Å²) in [5.41, 5.74) is 3.25. The van der Waals surface area contributed by atoms with Crippen molar-refractivity contribution < 1.29 is 4.79 Å². The van der Waals surface area contributed by atoms with E-state index in [2.05, 4.69) is 5.32 Å². The molecule has 1 N–H and O–H groups in total. The summed E-state index contributed by atoms with van der Waals surface area (Å²) in [6.45, 7) is 2.05. The van der Waals surface area contributed by atoms with Gasteiger partial charge in [-0.15, -0.1) is 0 Å². The minimum Gasteiger partial charge on any atom is -0.326 e. The van der Waals surface area contributed by atoms with E-state index in [9.17, 15) is 4.79 Å². The van der Waals surface area contributed by atoms with Gasteiger partial charge in [-0.2, -0.15) is 0 Å². The lowest BCUT2D eigenvalue weighted by atomic mass is 10.1. The van der Waals surface area contributed by atoms with Crippen LogP contribution in [0.5, 0.6) is 0 Å². The van der Waals surface area contributed by atoms with E-state index in [1.165, 1.54) is 5.56 Å². The SMILES string of the molecule is Cc1ccc(C2=CCC(=O)N2)cc1. The van der Waals surface area contributed by atoms with E-state index in [0.717, 1.165) is 11.3 Å². The van der Waals surface area contributed by atoms with Crippen molar-refractivity contribution in [2.24, 2.45) is 0 Å². The molecule has 1 aliphatic rings. The number of aryl methyl sites for hydroxylation is 1. The van der Waals surface area contributed by atoms with E-state index < -0.39 is 0 Å². The molecule has 13 heavy (non-hydrogen) atoms. The molecule has 0 aliphatic carbocycles. The van der Waals surface area contributed by atoms with Gasteiger partial charge in [-0.3, -0.25) is 4.79 Å². The number of rotatable bonds is 1. The molecule has 0 aromatic heterocycles. The Hall–Kier alpha value is -1.57. The zero-order valence-corrected chi connectivity index (χ0v) is 7.50. The topological polar surface area (TPSA) is 29.1 Å². The maximum atomic E-state index is 10.9. The van der Waals surface area contributed by atoms with Crippen molar-refractivity contribution in [3.8, 4) is 0 Å². The van der Waals surface area contributed by atoms with Crippen LogP contribution < -0.4 is 5.32 Å². The molecule has 2 nitrogen and oxygen atoms in total. The van der Waals surface area contributed by atoms with Gasteiger partial charge in [0.2, 0.25) is 5.91 Å². The Labute approximate surface area is 77.3 Å². The van der Waals surface area contributed by atoms with E-state index in [1.54, 1.807) is 0 Å². The molecule has 66 valence electrons. The molecule has 0 spiro atoms. The van der Waals surface area contributed by atoms with Gasteiger partial charge in [0.15, 0.2) is 0 Å². The molecule has 0 radical (unpaired) electrons. The monoisotopic (exact) mass is 173 g/mol. The van der Waals surface area contributed by atoms with E-state index >= 15 is 0 Å². The van der Waals surface area contributed by atoms with Crippen LogP contribution in [-0.4, -0.2) is 5.91 Å². The highest BCUT2D eigenvalue weighted by atomic mass is 16.1. The molecule has 1 aromatic rings. The normalized spacial score (nSPS) is 15.5. The number of carbonyl (C=O) groups excluding carboxylic acids is 1. The molecule has 0 saturated carbocycles. The molecule has 0 atom stereocenters. The molecule has 0 saturated heterocycles. The Balaban J connectivity index is 2.27. The molecule has 1 aliphatic heterocycles. The molecule has 1 heterocycles. The third-order valence-corrected chi connectivity index (χ3v) is 2.13. The van der Waals surface area contributed by atoms with Crippen molar-refractivity contribution in [1.82, 2.24) is 5.32 Å². The predicted molar refractivity (Wildman–Crippen MR) is 51.9 cm³/mol. The zero-order chi connectivity index (χ0) is 9.26. The Bertz CT molecular complexity index is 362. The second-order valence-electron chi connectivity index (χ2n) is 3.24. The second-order valence-corrected chi connectivity index (χ2v) is 3.24. The first-order valence-corrected chi connectivity index (χ1v) is 4.33. The quantitative estimate of drug-likeness (QED) is 0.690. The van der Waals surface area contributed by atoms with Gasteiger partial charge >= 0.3 is 0 Å². The maximum Gasteiger partial charge on any atom is 0.228 e. The summed E-state index contributed by atoms with van der Waals surface area (Å²) < 4.78 is 0. The highest BCUT2D eigenvalue weighted by Gasteiger charge is 2.12. The van der Waals surface area contributed by atoms with E-state index in [-0.39, 0.29) is 5.91 Å². The smallest absolute Gasteiger partial charge is 0.228 e. The summed E-state index contributed by atoms with van der Waals surface area (Å²) in [5.74, 6) is 0.0792. The average Bonchev–Trinajstić information content (AvgIpc) is 2.53. The van der Waals surface area contributed by atoms with Crippen LogP contribution in [0.15, 0.2) is 30.3 Å². The van der Waals surface area contributed by atoms with Crippen LogP contribution in [0.25, 0.3) is 5.70 Å². The van der Waals surface area contributed by atoms with Crippen LogP contribution in [-0.2, 0) is 4.79 Å². The largest absolute Gasteiger partial charge is 0.326 e. The second kappa shape index (κ2) is 3.05. The summed E-state index contributed by atoms with van der Waals surface area (Å²) in [7, 11) is 0. The van der Waals surface area contributed by atoms with E-state index in [1.807, 2.05) is 37.3 Å². The number of nitrogens with one attached hydrogen (secondary N) is 1. The van der Waals surface area contributed by atoms with Crippen LogP contribution in [0.1, 0.15) is 17.5 Å². The fourth-order valence-corrected chi connectivity index (χ4v) is 1.37. The standard InChI is InChI=1S/C11H11NO/c1-8-2-4-9(5-3-8)10-6-7-11(13)12-10/h2-6H,7H2,1H3,(H,12,13). The summed E-state index contributed by atoms with van der Waals surface area (Å²) >= 11 is 0. The molecular formula is C11H11NO.